The summed E-state index contributed by atoms with van der Waals surface area (Å²) < 4.78 is 6.59. The Kier molecular flexibility index (Phi) is 7.64. The quantitative estimate of drug-likeness (QED) is 0.660. The van der Waals surface area contributed by atoms with Crippen LogP contribution < -0.4 is 10.1 Å². The molecule has 2 aromatic carbocycles. The lowest BCUT2D eigenvalue weighted by molar-refractivity contribution is 0.0963. The van der Waals surface area contributed by atoms with E-state index in [4.69, 9.17) is 17.0 Å². The molecule has 0 aromatic heterocycles. The van der Waals surface area contributed by atoms with Crippen LogP contribution in [0.4, 0.5) is 0 Å². The molecule has 1 N–H and O–H groups in total. The van der Waals surface area contributed by atoms with E-state index in [2.05, 4.69) is 55.3 Å². The predicted molar refractivity (Wildman–Crippen MR) is 123 cm³/mol. The fraction of sp³-hybridized carbons (Fsp3) is 0.364. The molecule has 1 aliphatic heterocycles. The molecular formula is C22H26BrN3O2S. The minimum atomic E-state index is -0.251. The van der Waals surface area contributed by atoms with Crippen LogP contribution in [0.2, 0.25) is 0 Å². The number of carbonyl (C=O) groups is 1. The summed E-state index contributed by atoms with van der Waals surface area (Å²) in [6.07, 6.45) is -0.0210. The van der Waals surface area contributed by atoms with Gasteiger partial charge in [-0.15, -0.1) is 0 Å². The highest BCUT2D eigenvalue weighted by Gasteiger charge is 2.22. The van der Waals surface area contributed by atoms with Gasteiger partial charge in [0.25, 0.3) is 5.91 Å². The van der Waals surface area contributed by atoms with E-state index in [-0.39, 0.29) is 12.0 Å². The number of nitrogens with one attached hydrogen (secondary N) is 1. The molecule has 0 radical (unpaired) electrons. The van der Waals surface area contributed by atoms with E-state index in [1.807, 2.05) is 26.0 Å². The molecule has 5 nitrogen and oxygen atoms in total. The second kappa shape index (κ2) is 10.2. The summed E-state index contributed by atoms with van der Waals surface area (Å²) >= 11 is 8.93. The fourth-order valence-corrected chi connectivity index (χ4v) is 3.87. The maximum atomic E-state index is 12.8. The molecule has 154 valence electrons. The number of hydrogen-bond acceptors (Lipinski definition) is 4. The van der Waals surface area contributed by atoms with E-state index in [1.54, 1.807) is 12.1 Å². The topological polar surface area (TPSA) is 44.8 Å². The van der Waals surface area contributed by atoms with Gasteiger partial charge in [-0.2, -0.15) is 0 Å². The van der Waals surface area contributed by atoms with E-state index in [0.717, 1.165) is 37.2 Å². The molecule has 1 fully saturated rings. The molecular weight excluding hydrogens is 450 g/mol. The number of halogens is 1. The van der Waals surface area contributed by atoms with Crippen LogP contribution in [-0.4, -0.2) is 53.1 Å². The number of benzene rings is 2. The molecule has 0 bridgehead atoms. The normalized spacial score (nSPS) is 14.7. The Hall–Kier alpha value is -1.96. The van der Waals surface area contributed by atoms with Crippen LogP contribution in [-0.2, 0) is 6.54 Å². The minimum absolute atomic E-state index is 0.0210. The van der Waals surface area contributed by atoms with Gasteiger partial charge in [-0.1, -0.05) is 46.3 Å². The molecule has 0 saturated carbocycles. The van der Waals surface area contributed by atoms with Crippen molar-refractivity contribution < 1.29 is 9.53 Å². The van der Waals surface area contributed by atoms with Gasteiger partial charge in [-0.3, -0.25) is 15.0 Å². The molecule has 0 spiro atoms. The minimum Gasteiger partial charge on any atom is -0.490 e. The van der Waals surface area contributed by atoms with Crippen LogP contribution in [0.15, 0.2) is 53.0 Å². The van der Waals surface area contributed by atoms with Crippen LogP contribution in [0, 0.1) is 0 Å². The zero-order valence-electron chi connectivity index (χ0n) is 16.7. The summed E-state index contributed by atoms with van der Waals surface area (Å²) in [6.45, 7) is 8.20. The first-order valence-corrected chi connectivity index (χ1v) is 11.0. The molecule has 1 heterocycles. The van der Waals surface area contributed by atoms with Gasteiger partial charge in [0, 0.05) is 37.2 Å². The van der Waals surface area contributed by atoms with Crippen LogP contribution in [0.25, 0.3) is 0 Å². The van der Waals surface area contributed by atoms with Gasteiger partial charge in [0.2, 0.25) is 0 Å². The molecule has 0 aliphatic carbocycles. The smallest absolute Gasteiger partial charge is 0.261 e. The average molecular weight is 476 g/mol. The highest BCUT2D eigenvalue weighted by atomic mass is 79.9. The van der Waals surface area contributed by atoms with E-state index in [1.165, 1.54) is 5.56 Å². The maximum Gasteiger partial charge on any atom is 0.261 e. The largest absolute Gasteiger partial charge is 0.490 e. The molecule has 0 unspecified atom stereocenters. The van der Waals surface area contributed by atoms with Gasteiger partial charge in [0.15, 0.2) is 5.11 Å². The summed E-state index contributed by atoms with van der Waals surface area (Å²) in [5, 5.41) is 3.33. The first-order chi connectivity index (χ1) is 13.9. The monoisotopic (exact) mass is 475 g/mol. The summed E-state index contributed by atoms with van der Waals surface area (Å²) in [7, 11) is 0. The Morgan fingerprint density at radius 2 is 1.83 bits per heavy atom. The average Bonchev–Trinajstić information content (AvgIpc) is 2.70. The zero-order chi connectivity index (χ0) is 20.8. The van der Waals surface area contributed by atoms with Crippen molar-refractivity contribution in [3.63, 3.8) is 0 Å². The van der Waals surface area contributed by atoms with Crippen molar-refractivity contribution in [2.45, 2.75) is 26.5 Å². The number of carbonyl (C=O) groups excluding carboxylic acids is 1. The zero-order valence-corrected chi connectivity index (χ0v) is 19.1. The lowest BCUT2D eigenvalue weighted by atomic mass is 10.2. The number of nitrogens with zero attached hydrogens (tertiary/aromatic N) is 2. The standard InChI is InChI=1S/C22H26BrN3O2S/c1-16(2)28-20-9-8-18(23)14-19(20)21(27)24-22(29)26-12-10-25(11-13-26)15-17-6-4-3-5-7-17/h3-9,14,16H,10-13,15H2,1-2H3,(H,24,27,29). The summed E-state index contributed by atoms with van der Waals surface area (Å²) in [5.41, 5.74) is 1.78. The van der Waals surface area contributed by atoms with Crippen molar-refractivity contribution in [2.75, 3.05) is 26.2 Å². The Bertz CT molecular complexity index is 852. The van der Waals surface area contributed by atoms with E-state index < -0.39 is 0 Å². The molecule has 2 aromatic rings. The highest BCUT2D eigenvalue weighted by molar-refractivity contribution is 9.10. The number of ether oxygens (including phenoxy) is 1. The Morgan fingerprint density at radius 1 is 1.14 bits per heavy atom. The van der Waals surface area contributed by atoms with Crippen molar-refractivity contribution in [1.82, 2.24) is 15.1 Å². The first kappa shape index (κ1) is 21.7. The first-order valence-electron chi connectivity index (χ1n) is 9.75. The highest BCUT2D eigenvalue weighted by Crippen LogP contribution is 2.24. The summed E-state index contributed by atoms with van der Waals surface area (Å²) in [5.74, 6) is 0.301. The molecule has 1 saturated heterocycles. The van der Waals surface area contributed by atoms with Crippen molar-refractivity contribution in [3.05, 3.63) is 64.1 Å². The van der Waals surface area contributed by atoms with Crippen LogP contribution in [0.3, 0.4) is 0 Å². The van der Waals surface area contributed by atoms with Crippen LogP contribution in [0.1, 0.15) is 29.8 Å². The van der Waals surface area contributed by atoms with Gasteiger partial charge < -0.3 is 9.64 Å². The number of piperazine rings is 1. The SMILES string of the molecule is CC(C)Oc1ccc(Br)cc1C(=O)NC(=S)N1CCN(Cc2ccccc2)CC1. The van der Waals surface area contributed by atoms with Crippen molar-refractivity contribution in [3.8, 4) is 5.75 Å². The van der Waals surface area contributed by atoms with Crippen molar-refractivity contribution in [1.29, 1.82) is 0 Å². The Labute approximate surface area is 186 Å². The third-order valence-electron chi connectivity index (χ3n) is 4.68. The van der Waals surface area contributed by atoms with Gasteiger partial charge in [0.1, 0.15) is 5.75 Å². The summed E-state index contributed by atoms with van der Waals surface area (Å²) in [4.78, 5) is 17.3. The van der Waals surface area contributed by atoms with E-state index in [0.29, 0.717) is 16.4 Å². The number of rotatable bonds is 5. The summed E-state index contributed by atoms with van der Waals surface area (Å²) in [6, 6.07) is 15.9. The number of amides is 1. The molecule has 29 heavy (non-hydrogen) atoms. The molecule has 3 rings (SSSR count). The third-order valence-corrected chi connectivity index (χ3v) is 5.53. The lowest BCUT2D eigenvalue weighted by Crippen LogP contribution is -2.52. The van der Waals surface area contributed by atoms with Gasteiger partial charge in [-0.05, 0) is 49.8 Å². The van der Waals surface area contributed by atoms with Crippen LogP contribution >= 0.6 is 28.1 Å². The van der Waals surface area contributed by atoms with E-state index in [9.17, 15) is 4.79 Å². The Morgan fingerprint density at radius 3 is 2.48 bits per heavy atom. The fourth-order valence-electron chi connectivity index (χ4n) is 3.23. The van der Waals surface area contributed by atoms with Gasteiger partial charge in [-0.25, -0.2) is 0 Å². The second-order valence-electron chi connectivity index (χ2n) is 7.32. The van der Waals surface area contributed by atoms with Crippen molar-refractivity contribution >= 4 is 39.2 Å². The van der Waals surface area contributed by atoms with E-state index >= 15 is 0 Å². The molecule has 7 heteroatoms. The predicted octanol–water partition coefficient (Wildman–Crippen LogP) is 4.07. The molecule has 1 aliphatic rings. The lowest BCUT2D eigenvalue weighted by Gasteiger charge is -2.36. The van der Waals surface area contributed by atoms with Crippen LogP contribution in [0.5, 0.6) is 5.75 Å². The molecule has 1 amide bonds. The van der Waals surface area contributed by atoms with Gasteiger partial charge >= 0.3 is 0 Å². The number of hydrogen-bond donors (Lipinski definition) is 1. The Balaban J connectivity index is 1.56. The van der Waals surface area contributed by atoms with Gasteiger partial charge in [0.05, 0.1) is 11.7 Å². The maximum absolute atomic E-state index is 12.8. The second-order valence-corrected chi connectivity index (χ2v) is 8.62. The molecule has 0 atom stereocenters. The number of thiocarbonyl (C=S) groups is 1. The third kappa shape index (κ3) is 6.26. The van der Waals surface area contributed by atoms with Crippen molar-refractivity contribution in [2.24, 2.45) is 0 Å².